The Bertz CT molecular complexity index is 497. The molecule has 1 atom stereocenters. The van der Waals surface area contributed by atoms with Crippen molar-refractivity contribution in [1.29, 1.82) is 5.41 Å². The molecule has 0 radical (unpaired) electrons. The fourth-order valence-corrected chi connectivity index (χ4v) is 2.05. The summed E-state index contributed by atoms with van der Waals surface area (Å²) in [4.78, 5) is 0. The normalized spacial score (nSPS) is 19.1. The van der Waals surface area contributed by atoms with E-state index in [-0.39, 0.29) is 24.0 Å². The van der Waals surface area contributed by atoms with Crippen LogP contribution in [0.4, 0.5) is 13.2 Å². The summed E-state index contributed by atoms with van der Waals surface area (Å²) in [6.07, 6.45) is -2.74. The number of nitrogen functional groups attached to an aromatic ring is 1. The molecule has 7 heteroatoms. The lowest BCUT2D eigenvalue weighted by Crippen LogP contribution is -2.20. The molecule has 4 nitrogen and oxygen atoms in total. The fraction of sp³-hybridized carbons (Fsp3) is 0.462. The lowest BCUT2D eigenvalue weighted by molar-refractivity contribution is -0.137. The molecule has 1 aliphatic rings. The second kappa shape index (κ2) is 5.70. The third-order valence-corrected chi connectivity index (χ3v) is 3.05. The minimum absolute atomic E-state index is 0.0296. The fourth-order valence-electron chi connectivity index (χ4n) is 2.05. The van der Waals surface area contributed by atoms with Crippen molar-refractivity contribution < 1.29 is 22.6 Å². The van der Waals surface area contributed by atoms with Gasteiger partial charge in [0.25, 0.3) is 0 Å². The van der Waals surface area contributed by atoms with Crippen LogP contribution in [0, 0.1) is 5.41 Å². The molecule has 1 unspecified atom stereocenters. The van der Waals surface area contributed by atoms with Gasteiger partial charge in [-0.05, 0) is 31.0 Å². The minimum Gasteiger partial charge on any atom is -0.491 e. The van der Waals surface area contributed by atoms with E-state index >= 15 is 0 Å². The highest BCUT2D eigenvalue weighted by Gasteiger charge is 2.34. The third kappa shape index (κ3) is 3.41. The van der Waals surface area contributed by atoms with Crippen LogP contribution in [-0.4, -0.2) is 25.2 Å². The number of halogens is 3. The van der Waals surface area contributed by atoms with Gasteiger partial charge >= 0.3 is 6.18 Å². The second-order valence-electron chi connectivity index (χ2n) is 4.56. The summed E-state index contributed by atoms with van der Waals surface area (Å²) in [7, 11) is 0. The van der Waals surface area contributed by atoms with Gasteiger partial charge in [-0.2, -0.15) is 13.2 Å². The van der Waals surface area contributed by atoms with Crippen molar-refractivity contribution in [3.05, 3.63) is 29.3 Å². The first kappa shape index (κ1) is 14.6. The SMILES string of the molecule is N=C(N)c1cc(OCC2CCCO2)ccc1C(F)(F)F. The van der Waals surface area contributed by atoms with Crippen LogP contribution in [-0.2, 0) is 10.9 Å². The smallest absolute Gasteiger partial charge is 0.417 e. The third-order valence-electron chi connectivity index (χ3n) is 3.05. The van der Waals surface area contributed by atoms with E-state index in [9.17, 15) is 13.2 Å². The van der Waals surface area contributed by atoms with Gasteiger partial charge in [-0.15, -0.1) is 0 Å². The van der Waals surface area contributed by atoms with Crippen LogP contribution in [0.15, 0.2) is 18.2 Å². The molecule has 1 saturated heterocycles. The molecule has 0 amide bonds. The molecule has 20 heavy (non-hydrogen) atoms. The van der Waals surface area contributed by atoms with E-state index in [1.807, 2.05) is 0 Å². The Morgan fingerprint density at radius 2 is 2.20 bits per heavy atom. The minimum atomic E-state index is -4.55. The summed E-state index contributed by atoms with van der Waals surface area (Å²) >= 11 is 0. The summed E-state index contributed by atoms with van der Waals surface area (Å²) in [5.74, 6) is -0.390. The monoisotopic (exact) mass is 288 g/mol. The van der Waals surface area contributed by atoms with Crippen LogP contribution >= 0.6 is 0 Å². The molecule has 0 bridgehead atoms. The first-order valence-electron chi connectivity index (χ1n) is 6.18. The maximum Gasteiger partial charge on any atom is 0.417 e. The Labute approximate surface area is 114 Å². The Morgan fingerprint density at radius 3 is 2.75 bits per heavy atom. The zero-order chi connectivity index (χ0) is 14.8. The van der Waals surface area contributed by atoms with Crippen molar-refractivity contribution in [2.45, 2.75) is 25.1 Å². The first-order valence-corrected chi connectivity index (χ1v) is 6.18. The van der Waals surface area contributed by atoms with E-state index in [1.54, 1.807) is 0 Å². The summed E-state index contributed by atoms with van der Waals surface area (Å²) in [6.45, 7) is 0.961. The van der Waals surface area contributed by atoms with E-state index in [0.29, 0.717) is 6.61 Å². The van der Waals surface area contributed by atoms with E-state index in [1.165, 1.54) is 6.07 Å². The molecule has 3 N–H and O–H groups in total. The van der Waals surface area contributed by atoms with Crippen LogP contribution in [0.5, 0.6) is 5.75 Å². The Kier molecular flexibility index (Phi) is 4.17. The number of rotatable bonds is 4. The van der Waals surface area contributed by atoms with Gasteiger partial charge in [0.1, 0.15) is 18.2 Å². The predicted octanol–water partition coefficient (Wildman–Crippen LogP) is 2.55. The molecule has 0 aromatic heterocycles. The first-order chi connectivity index (χ1) is 9.38. The van der Waals surface area contributed by atoms with Crippen molar-refractivity contribution in [2.24, 2.45) is 5.73 Å². The molecule has 0 saturated carbocycles. The second-order valence-corrected chi connectivity index (χ2v) is 4.56. The Morgan fingerprint density at radius 1 is 1.45 bits per heavy atom. The van der Waals surface area contributed by atoms with E-state index in [4.69, 9.17) is 20.6 Å². The van der Waals surface area contributed by atoms with Gasteiger partial charge in [0.2, 0.25) is 0 Å². The average Bonchev–Trinajstić information content (AvgIpc) is 2.88. The van der Waals surface area contributed by atoms with Gasteiger partial charge in [-0.3, -0.25) is 5.41 Å². The zero-order valence-corrected chi connectivity index (χ0v) is 10.7. The molecule has 1 heterocycles. The highest BCUT2D eigenvalue weighted by Crippen LogP contribution is 2.33. The summed E-state index contributed by atoms with van der Waals surface area (Å²) in [5.41, 5.74) is 3.89. The number of benzene rings is 1. The summed E-state index contributed by atoms with van der Waals surface area (Å²) in [5, 5.41) is 7.25. The van der Waals surface area contributed by atoms with Crippen molar-refractivity contribution in [1.82, 2.24) is 0 Å². The topological polar surface area (TPSA) is 68.3 Å². The van der Waals surface area contributed by atoms with Gasteiger partial charge < -0.3 is 15.2 Å². The summed E-state index contributed by atoms with van der Waals surface area (Å²) < 4.78 is 49.0. The average molecular weight is 288 g/mol. The Balaban J connectivity index is 2.15. The van der Waals surface area contributed by atoms with Crippen molar-refractivity contribution in [3.63, 3.8) is 0 Å². The standard InChI is InChI=1S/C13H15F3N2O2/c14-13(15,16)11-4-3-8(6-10(11)12(17)18)20-7-9-2-1-5-19-9/h3-4,6,9H,1-2,5,7H2,(H3,17,18). The molecule has 110 valence electrons. The van der Waals surface area contributed by atoms with Gasteiger partial charge in [0, 0.05) is 12.2 Å². The predicted molar refractivity (Wildman–Crippen MR) is 66.9 cm³/mol. The van der Waals surface area contributed by atoms with Gasteiger partial charge in [-0.25, -0.2) is 0 Å². The molecular weight excluding hydrogens is 273 g/mol. The number of hydrogen-bond donors (Lipinski definition) is 2. The van der Waals surface area contributed by atoms with Crippen LogP contribution in [0.3, 0.4) is 0 Å². The van der Waals surface area contributed by atoms with Gasteiger partial charge in [0.05, 0.1) is 11.7 Å². The van der Waals surface area contributed by atoms with E-state index < -0.39 is 17.6 Å². The lowest BCUT2D eigenvalue weighted by Gasteiger charge is -2.15. The van der Waals surface area contributed by atoms with Crippen molar-refractivity contribution >= 4 is 5.84 Å². The molecule has 0 aliphatic carbocycles. The number of ether oxygens (including phenoxy) is 2. The maximum absolute atomic E-state index is 12.8. The number of hydrogen-bond acceptors (Lipinski definition) is 3. The molecule has 1 aromatic rings. The highest BCUT2D eigenvalue weighted by molar-refractivity contribution is 5.97. The molecule has 2 rings (SSSR count). The number of nitrogens with two attached hydrogens (primary N) is 1. The van der Waals surface area contributed by atoms with Crippen LogP contribution < -0.4 is 10.5 Å². The van der Waals surface area contributed by atoms with Crippen LogP contribution in [0.2, 0.25) is 0 Å². The molecule has 1 aliphatic heterocycles. The zero-order valence-electron chi connectivity index (χ0n) is 10.7. The lowest BCUT2D eigenvalue weighted by atomic mass is 10.1. The van der Waals surface area contributed by atoms with Gasteiger partial charge in [0.15, 0.2) is 0 Å². The highest BCUT2D eigenvalue weighted by atomic mass is 19.4. The summed E-state index contributed by atoms with van der Waals surface area (Å²) in [6, 6.07) is 3.24. The molecular formula is C13H15F3N2O2. The van der Waals surface area contributed by atoms with Crippen LogP contribution in [0.25, 0.3) is 0 Å². The van der Waals surface area contributed by atoms with E-state index in [0.717, 1.165) is 25.0 Å². The van der Waals surface area contributed by atoms with Crippen LogP contribution in [0.1, 0.15) is 24.0 Å². The van der Waals surface area contributed by atoms with Crippen molar-refractivity contribution in [3.8, 4) is 5.75 Å². The van der Waals surface area contributed by atoms with Crippen molar-refractivity contribution in [2.75, 3.05) is 13.2 Å². The number of amidine groups is 1. The van der Waals surface area contributed by atoms with Gasteiger partial charge in [-0.1, -0.05) is 0 Å². The van der Waals surface area contributed by atoms with E-state index in [2.05, 4.69) is 0 Å². The molecule has 1 aromatic carbocycles. The largest absolute Gasteiger partial charge is 0.491 e. The molecule has 1 fully saturated rings. The Hall–Kier alpha value is -1.76. The quantitative estimate of drug-likeness (QED) is 0.661. The number of alkyl halides is 3. The maximum atomic E-state index is 12.8. The molecule has 0 spiro atoms. The number of nitrogens with one attached hydrogen (secondary N) is 1.